The fourth-order valence-electron chi connectivity index (χ4n) is 3.37. The molecule has 0 unspecified atom stereocenters. The van der Waals surface area contributed by atoms with E-state index in [1.165, 1.54) is 18.6 Å². The van der Waals surface area contributed by atoms with Crippen LogP contribution in [0.15, 0.2) is 24.3 Å². The van der Waals surface area contributed by atoms with Crippen LogP contribution in [0, 0.1) is 5.82 Å². The van der Waals surface area contributed by atoms with Gasteiger partial charge in [0.05, 0.1) is 5.41 Å². The molecule has 2 nitrogen and oxygen atoms in total. The van der Waals surface area contributed by atoms with Crippen molar-refractivity contribution in [3.63, 3.8) is 0 Å². The molecule has 3 heteroatoms. The maximum absolute atomic E-state index is 13.4. The fourth-order valence-corrected chi connectivity index (χ4v) is 3.37. The Balaban J connectivity index is 1.76. The molecule has 2 saturated carbocycles. The lowest BCUT2D eigenvalue weighted by Crippen LogP contribution is -2.45. The summed E-state index contributed by atoms with van der Waals surface area (Å²) in [6.07, 6.45) is 8.12. The molecule has 0 spiro atoms. The van der Waals surface area contributed by atoms with Crippen LogP contribution in [0.25, 0.3) is 0 Å². The van der Waals surface area contributed by atoms with E-state index in [1.54, 1.807) is 6.07 Å². The minimum absolute atomic E-state index is 0.0716. The zero-order valence-corrected chi connectivity index (χ0v) is 11.7. The molecule has 0 N–H and O–H groups in total. The Morgan fingerprint density at radius 3 is 2.50 bits per heavy atom. The predicted octanol–water partition coefficient (Wildman–Crippen LogP) is 4.12. The number of esters is 1. The number of ether oxygens (including phenoxy) is 1. The second-order valence-electron chi connectivity index (χ2n) is 6.11. The topological polar surface area (TPSA) is 26.3 Å². The van der Waals surface area contributed by atoms with Gasteiger partial charge in [-0.1, -0.05) is 25.0 Å². The molecular formula is C17H21FO2. The van der Waals surface area contributed by atoms with Crippen molar-refractivity contribution in [1.82, 2.24) is 0 Å². The summed E-state index contributed by atoms with van der Waals surface area (Å²) in [7, 11) is 0. The summed E-state index contributed by atoms with van der Waals surface area (Å²) in [5, 5.41) is 0. The first-order valence-corrected chi connectivity index (χ1v) is 7.68. The van der Waals surface area contributed by atoms with Gasteiger partial charge >= 0.3 is 5.97 Å². The van der Waals surface area contributed by atoms with E-state index in [0.29, 0.717) is 0 Å². The SMILES string of the molecule is O=C(OC1CCCCC1)C1(c2cccc(F)c2)CCC1. The van der Waals surface area contributed by atoms with Gasteiger partial charge < -0.3 is 4.74 Å². The van der Waals surface area contributed by atoms with E-state index in [1.807, 2.05) is 6.07 Å². The van der Waals surface area contributed by atoms with Crippen LogP contribution in [0.5, 0.6) is 0 Å². The molecule has 108 valence electrons. The Morgan fingerprint density at radius 2 is 1.90 bits per heavy atom. The lowest BCUT2D eigenvalue weighted by atomic mass is 9.64. The number of rotatable bonds is 3. The molecule has 2 fully saturated rings. The van der Waals surface area contributed by atoms with Crippen LogP contribution in [-0.2, 0) is 14.9 Å². The average Bonchev–Trinajstić information content (AvgIpc) is 2.38. The Bertz CT molecular complexity index is 488. The molecule has 0 radical (unpaired) electrons. The first-order chi connectivity index (χ1) is 9.71. The highest BCUT2D eigenvalue weighted by Crippen LogP contribution is 2.45. The van der Waals surface area contributed by atoms with Crippen LogP contribution < -0.4 is 0 Å². The van der Waals surface area contributed by atoms with Crippen molar-refractivity contribution >= 4 is 5.97 Å². The van der Waals surface area contributed by atoms with Gasteiger partial charge in [0.2, 0.25) is 0 Å². The third-order valence-electron chi connectivity index (χ3n) is 4.80. The second kappa shape index (κ2) is 5.55. The Hall–Kier alpha value is -1.38. The van der Waals surface area contributed by atoms with E-state index in [4.69, 9.17) is 4.74 Å². The highest BCUT2D eigenvalue weighted by Gasteiger charge is 2.47. The van der Waals surface area contributed by atoms with Gasteiger partial charge in [-0.3, -0.25) is 4.79 Å². The van der Waals surface area contributed by atoms with Crippen LogP contribution in [0.4, 0.5) is 4.39 Å². The summed E-state index contributed by atoms with van der Waals surface area (Å²) >= 11 is 0. The Kier molecular flexibility index (Phi) is 3.77. The first kappa shape index (κ1) is 13.6. The smallest absolute Gasteiger partial charge is 0.316 e. The van der Waals surface area contributed by atoms with Crippen molar-refractivity contribution < 1.29 is 13.9 Å². The van der Waals surface area contributed by atoms with Crippen molar-refractivity contribution in [3.05, 3.63) is 35.6 Å². The molecule has 1 aromatic rings. The maximum Gasteiger partial charge on any atom is 0.316 e. The molecule has 2 aliphatic carbocycles. The van der Waals surface area contributed by atoms with E-state index in [-0.39, 0.29) is 17.9 Å². The van der Waals surface area contributed by atoms with E-state index in [9.17, 15) is 9.18 Å². The van der Waals surface area contributed by atoms with Gasteiger partial charge in [-0.25, -0.2) is 4.39 Å². The molecule has 1 aromatic carbocycles. The standard InChI is InChI=1S/C17H21FO2/c18-14-7-4-6-13(12-14)17(10-5-11-17)16(19)20-15-8-2-1-3-9-15/h4,6-7,12,15H,1-3,5,8-11H2. The summed E-state index contributed by atoms with van der Waals surface area (Å²) in [6.45, 7) is 0. The van der Waals surface area contributed by atoms with Crippen molar-refractivity contribution in [1.29, 1.82) is 0 Å². The summed E-state index contributed by atoms with van der Waals surface area (Å²) in [6, 6.07) is 6.44. The van der Waals surface area contributed by atoms with Crippen LogP contribution in [-0.4, -0.2) is 12.1 Å². The zero-order chi connectivity index (χ0) is 14.0. The molecular weight excluding hydrogens is 255 g/mol. The first-order valence-electron chi connectivity index (χ1n) is 7.68. The van der Waals surface area contributed by atoms with Crippen LogP contribution in [0.3, 0.4) is 0 Å². The number of hydrogen-bond donors (Lipinski definition) is 0. The number of benzene rings is 1. The van der Waals surface area contributed by atoms with Crippen molar-refractivity contribution in [2.24, 2.45) is 0 Å². The van der Waals surface area contributed by atoms with Crippen LogP contribution >= 0.6 is 0 Å². The summed E-state index contributed by atoms with van der Waals surface area (Å²) in [4.78, 5) is 12.6. The lowest BCUT2D eigenvalue weighted by Gasteiger charge is -2.41. The third-order valence-corrected chi connectivity index (χ3v) is 4.80. The minimum atomic E-state index is -0.584. The molecule has 0 heterocycles. The Morgan fingerprint density at radius 1 is 1.15 bits per heavy atom. The van der Waals surface area contributed by atoms with E-state index in [0.717, 1.165) is 50.5 Å². The minimum Gasteiger partial charge on any atom is -0.462 e. The van der Waals surface area contributed by atoms with E-state index < -0.39 is 5.41 Å². The van der Waals surface area contributed by atoms with Gasteiger partial charge in [0, 0.05) is 0 Å². The monoisotopic (exact) mass is 276 g/mol. The van der Waals surface area contributed by atoms with Crippen molar-refractivity contribution in [2.75, 3.05) is 0 Å². The van der Waals surface area contributed by atoms with Gasteiger partial charge in [-0.15, -0.1) is 0 Å². The number of carbonyl (C=O) groups is 1. The average molecular weight is 276 g/mol. The number of carbonyl (C=O) groups excluding carboxylic acids is 1. The fraction of sp³-hybridized carbons (Fsp3) is 0.588. The van der Waals surface area contributed by atoms with Gasteiger partial charge in [0.15, 0.2) is 0 Å². The molecule has 0 aromatic heterocycles. The molecule has 0 bridgehead atoms. The van der Waals surface area contributed by atoms with Gasteiger partial charge in [-0.05, 0) is 56.2 Å². The van der Waals surface area contributed by atoms with E-state index >= 15 is 0 Å². The third kappa shape index (κ3) is 2.46. The molecule has 20 heavy (non-hydrogen) atoms. The second-order valence-corrected chi connectivity index (χ2v) is 6.11. The number of hydrogen-bond acceptors (Lipinski definition) is 2. The summed E-state index contributed by atoms with van der Waals surface area (Å²) in [5.74, 6) is -0.416. The van der Waals surface area contributed by atoms with Crippen LogP contribution in [0.1, 0.15) is 56.9 Å². The van der Waals surface area contributed by atoms with Gasteiger partial charge in [0.25, 0.3) is 0 Å². The van der Waals surface area contributed by atoms with Crippen LogP contribution in [0.2, 0.25) is 0 Å². The van der Waals surface area contributed by atoms with Crippen molar-refractivity contribution in [2.45, 2.75) is 62.9 Å². The predicted molar refractivity (Wildman–Crippen MR) is 74.9 cm³/mol. The molecule has 0 atom stereocenters. The highest BCUT2D eigenvalue weighted by molar-refractivity contribution is 5.84. The largest absolute Gasteiger partial charge is 0.462 e. The molecule has 0 saturated heterocycles. The highest BCUT2D eigenvalue weighted by atomic mass is 19.1. The molecule has 3 rings (SSSR count). The molecule has 0 aliphatic heterocycles. The lowest BCUT2D eigenvalue weighted by molar-refractivity contribution is -0.161. The molecule has 0 amide bonds. The van der Waals surface area contributed by atoms with Gasteiger partial charge in [0.1, 0.15) is 11.9 Å². The quantitative estimate of drug-likeness (QED) is 0.776. The summed E-state index contributed by atoms with van der Waals surface area (Å²) in [5.41, 5.74) is 0.198. The van der Waals surface area contributed by atoms with Crippen molar-refractivity contribution in [3.8, 4) is 0 Å². The van der Waals surface area contributed by atoms with E-state index in [2.05, 4.69) is 0 Å². The Labute approximate surface area is 119 Å². The zero-order valence-electron chi connectivity index (χ0n) is 11.7. The molecule has 2 aliphatic rings. The maximum atomic E-state index is 13.4. The summed E-state index contributed by atoms with van der Waals surface area (Å²) < 4.78 is 19.2. The normalized spacial score (nSPS) is 22.1. The number of halogens is 1. The van der Waals surface area contributed by atoms with Gasteiger partial charge in [-0.2, -0.15) is 0 Å².